The molecule has 2 rings (SSSR count). The van der Waals surface area contributed by atoms with Crippen LogP contribution in [0.25, 0.3) is 0 Å². The van der Waals surface area contributed by atoms with Gasteiger partial charge in [0.25, 0.3) is 0 Å². The zero-order chi connectivity index (χ0) is 17.7. The minimum atomic E-state index is 0.538. The molecule has 136 valence electrons. The van der Waals surface area contributed by atoms with Crippen LogP contribution < -0.4 is 14.8 Å². The summed E-state index contributed by atoms with van der Waals surface area (Å²) in [4.78, 5) is 0. The first-order chi connectivity index (χ1) is 12.3. The quantitative estimate of drug-likeness (QED) is 0.587. The molecule has 0 amide bonds. The third kappa shape index (κ3) is 7.16. The highest BCUT2D eigenvalue weighted by molar-refractivity contribution is 5.43. The molecule has 25 heavy (non-hydrogen) atoms. The van der Waals surface area contributed by atoms with Crippen molar-refractivity contribution in [3.05, 3.63) is 59.7 Å². The van der Waals surface area contributed by atoms with E-state index in [0.717, 1.165) is 49.8 Å². The number of benzene rings is 2. The van der Waals surface area contributed by atoms with Gasteiger partial charge < -0.3 is 19.5 Å². The van der Waals surface area contributed by atoms with E-state index in [1.54, 1.807) is 0 Å². The monoisotopic (exact) mass is 343 g/mol. The molecule has 4 nitrogen and oxygen atoms in total. The molecular formula is C21H29NO3. The maximum absolute atomic E-state index is 5.94. The summed E-state index contributed by atoms with van der Waals surface area (Å²) in [5, 5.41) is 3.43. The summed E-state index contributed by atoms with van der Waals surface area (Å²) in [5.74, 6) is 1.58. The number of rotatable bonds is 12. The van der Waals surface area contributed by atoms with E-state index in [2.05, 4.69) is 29.6 Å². The van der Waals surface area contributed by atoms with Crippen LogP contribution in [0, 0.1) is 0 Å². The van der Waals surface area contributed by atoms with E-state index in [0.29, 0.717) is 13.2 Å². The molecule has 0 atom stereocenters. The number of ether oxygens (including phenoxy) is 3. The third-order valence-corrected chi connectivity index (χ3v) is 3.72. The average Bonchev–Trinajstić information content (AvgIpc) is 2.65. The molecular weight excluding hydrogens is 314 g/mol. The second-order valence-corrected chi connectivity index (χ2v) is 5.72. The zero-order valence-electron chi connectivity index (χ0n) is 15.3. The van der Waals surface area contributed by atoms with Gasteiger partial charge in [-0.05, 0) is 50.1 Å². The van der Waals surface area contributed by atoms with Crippen LogP contribution in [0.5, 0.6) is 11.5 Å². The molecule has 0 aromatic heterocycles. The molecule has 0 aliphatic rings. The Bertz CT molecular complexity index is 601. The SMILES string of the molecule is CCOCCCNCc1ccc(OCc2ccccc2)c(OCC)c1. The van der Waals surface area contributed by atoms with Crippen molar-refractivity contribution in [3.8, 4) is 11.5 Å². The van der Waals surface area contributed by atoms with Crippen molar-refractivity contribution < 1.29 is 14.2 Å². The Morgan fingerprint density at radius 2 is 1.68 bits per heavy atom. The smallest absolute Gasteiger partial charge is 0.161 e. The summed E-state index contributed by atoms with van der Waals surface area (Å²) in [6.07, 6.45) is 1.02. The summed E-state index contributed by atoms with van der Waals surface area (Å²) in [6, 6.07) is 16.3. The van der Waals surface area contributed by atoms with Crippen LogP contribution >= 0.6 is 0 Å². The van der Waals surface area contributed by atoms with Crippen LogP contribution in [0.3, 0.4) is 0 Å². The molecule has 1 N–H and O–H groups in total. The Morgan fingerprint density at radius 1 is 0.840 bits per heavy atom. The lowest BCUT2D eigenvalue weighted by Crippen LogP contribution is -2.16. The van der Waals surface area contributed by atoms with Gasteiger partial charge in [-0.2, -0.15) is 0 Å². The molecule has 0 heterocycles. The molecule has 0 saturated heterocycles. The fourth-order valence-corrected chi connectivity index (χ4v) is 2.46. The fourth-order valence-electron chi connectivity index (χ4n) is 2.46. The minimum Gasteiger partial charge on any atom is -0.490 e. The first-order valence-corrected chi connectivity index (χ1v) is 9.04. The van der Waals surface area contributed by atoms with Gasteiger partial charge in [-0.25, -0.2) is 0 Å². The Hall–Kier alpha value is -2.04. The third-order valence-electron chi connectivity index (χ3n) is 3.72. The Kier molecular flexibility index (Phi) is 8.87. The summed E-state index contributed by atoms with van der Waals surface area (Å²) < 4.78 is 17.0. The van der Waals surface area contributed by atoms with Crippen molar-refractivity contribution in [2.24, 2.45) is 0 Å². The Morgan fingerprint density at radius 3 is 2.44 bits per heavy atom. The molecule has 4 heteroatoms. The summed E-state index contributed by atoms with van der Waals surface area (Å²) in [6.45, 7) is 8.50. The highest BCUT2D eigenvalue weighted by atomic mass is 16.5. The molecule has 0 unspecified atom stereocenters. The van der Waals surface area contributed by atoms with E-state index in [-0.39, 0.29) is 0 Å². The number of hydrogen-bond acceptors (Lipinski definition) is 4. The first-order valence-electron chi connectivity index (χ1n) is 9.04. The predicted octanol–water partition coefficient (Wildman–Crippen LogP) is 4.18. The Balaban J connectivity index is 1.87. The number of nitrogens with one attached hydrogen (secondary N) is 1. The van der Waals surface area contributed by atoms with Gasteiger partial charge in [-0.1, -0.05) is 36.4 Å². The van der Waals surface area contributed by atoms with E-state index in [1.807, 2.05) is 38.1 Å². The van der Waals surface area contributed by atoms with Crippen molar-refractivity contribution in [3.63, 3.8) is 0 Å². The molecule has 0 saturated carbocycles. The molecule has 0 aliphatic carbocycles. The van der Waals surface area contributed by atoms with Gasteiger partial charge in [0.15, 0.2) is 11.5 Å². The zero-order valence-corrected chi connectivity index (χ0v) is 15.3. The standard InChI is InChI=1S/C21H29NO3/c1-3-23-14-8-13-22-16-19-11-12-20(21(15-19)24-4-2)25-17-18-9-6-5-7-10-18/h5-7,9-12,15,22H,3-4,8,13-14,16-17H2,1-2H3. The Labute approximate surface area is 151 Å². The van der Waals surface area contributed by atoms with Crippen LogP contribution in [0.2, 0.25) is 0 Å². The van der Waals surface area contributed by atoms with Crippen molar-refractivity contribution in [2.75, 3.05) is 26.4 Å². The summed E-state index contributed by atoms with van der Waals surface area (Å²) in [5.41, 5.74) is 2.33. The van der Waals surface area contributed by atoms with Gasteiger partial charge in [-0.15, -0.1) is 0 Å². The lowest BCUT2D eigenvalue weighted by molar-refractivity contribution is 0.144. The molecule has 2 aromatic rings. The molecule has 0 bridgehead atoms. The highest BCUT2D eigenvalue weighted by Crippen LogP contribution is 2.29. The van der Waals surface area contributed by atoms with Gasteiger partial charge in [0.1, 0.15) is 6.61 Å². The predicted molar refractivity (Wildman–Crippen MR) is 101 cm³/mol. The lowest BCUT2D eigenvalue weighted by atomic mass is 10.2. The molecule has 0 radical (unpaired) electrons. The minimum absolute atomic E-state index is 0.538. The van der Waals surface area contributed by atoms with Crippen LogP contribution in [-0.4, -0.2) is 26.4 Å². The maximum Gasteiger partial charge on any atom is 0.161 e. The topological polar surface area (TPSA) is 39.7 Å². The molecule has 0 spiro atoms. The first kappa shape index (κ1) is 19.3. The number of hydrogen-bond donors (Lipinski definition) is 1. The van der Waals surface area contributed by atoms with Crippen molar-refractivity contribution in [2.45, 2.75) is 33.4 Å². The van der Waals surface area contributed by atoms with E-state index >= 15 is 0 Å². The van der Waals surface area contributed by atoms with E-state index in [1.165, 1.54) is 5.56 Å². The summed E-state index contributed by atoms with van der Waals surface area (Å²) >= 11 is 0. The van der Waals surface area contributed by atoms with Gasteiger partial charge in [-0.3, -0.25) is 0 Å². The largest absolute Gasteiger partial charge is 0.490 e. The van der Waals surface area contributed by atoms with E-state index < -0.39 is 0 Å². The lowest BCUT2D eigenvalue weighted by Gasteiger charge is -2.14. The van der Waals surface area contributed by atoms with Crippen LogP contribution in [0.1, 0.15) is 31.4 Å². The van der Waals surface area contributed by atoms with Gasteiger partial charge in [0, 0.05) is 19.8 Å². The van der Waals surface area contributed by atoms with E-state index in [4.69, 9.17) is 14.2 Å². The van der Waals surface area contributed by atoms with Crippen LogP contribution in [0.4, 0.5) is 0 Å². The highest BCUT2D eigenvalue weighted by Gasteiger charge is 2.07. The van der Waals surface area contributed by atoms with Gasteiger partial charge in [0.2, 0.25) is 0 Å². The van der Waals surface area contributed by atoms with Crippen LogP contribution in [-0.2, 0) is 17.9 Å². The van der Waals surface area contributed by atoms with Crippen molar-refractivity contribution >= 4 is 0 Å². The molecule has 0 fully saturated rings. The normalized spacial score (nSPS) is 10.6. The van der Waals surface area contributed by atoms with Crippen molar-refractivity contribution in [1.29, 1.82) is 0 Å². The average molecular weight is 343 g/mol. The summed E-state index contributed by atoms with van der Waals surface area (Å²) in [7, 11) is 0. The van der Waals surface area contributed by atoms with Gasteiger partial charge >= 0.3 is 0 Å². The second-order valence-electron chi connectivity index (χ2n) is 5.72. The molecule has 0 aliphatic heterocycles. The van der Waals surface area contributed by atoms with E-state index in [9.17, 15) is 0 Å². The maximum atomic E-state index is 5.94. The second kappa shape index (κ2) is 11.5. The van der Waals surface area contributed by atoms with Gasteiger partial charge in [0.05, 0.1) is 6.61 Å². The molecule has 2 aromatic carbocycles. The van der Waals surface area contributed by atoms with Crippen molar-refractivity contribution in [1.82, 2.24) is 5.32 Å². The van der Waals surface area contributed by atoms with Crippen LogP contribution in [0.15, 0.2) is 48.5 Å². The fraction of sp³-hybridized carbons (Fsp3) is 0.429.